The van der Waals surface area contributed by atoms with Gasteiger partial charge in [0, 0.05) is 18.0 Å². The van der Waals surface area contributed by atoms with E-state index in [1.807, 2.05) is 0 Å². The number of piperidine rings is 1. The molecule has 1 rings (SSSR count). The van der Waals surface area contributed by atoms with E-state index in [9.17, 15) is 5.11 Å². The maximum Gasteiger partial charge on any atom is 0.0618 e. The van der Waals surface area contributed by atoms with Crippen molar-refractivity contribution in [2.45, 2.75) is 118 Å². The maximum absolute atomic E-state index is 10.4. The Bertz CT molecular complexity index is 646. The summed E-state index contributed by atoms with van der Waals surface area (Å²) >= 11 is 0. The Balaban J connectivity index is 2.33. The standard InChI is InChI=1S/C29H51NO/c1-23(2)13-11-16-25(4)18-12-17-24(3)14-9-10-15-26(5)19-20-27-29(6,7)28(31)21-22-30(27)8/h13-15,18,27-28,31H,9-12,16-17,19-22H2,1-8H3/b24-14+,25-18+,26-15+/t27-,28-/m0/s1. The predicted molar refractivity (Wildman–Crippen MR) is 138 cm³/mol. The molecule has 0 amide bonds. The van der Waals surface area contributed by atoms with E-state index < -0.39 is 0 Å². The van der Waals surface area contributed by atoms with Crippen LogP contribution < -0.4 is 0 Å². The highest BCUT2D eigenvalue weighted by Crippen LogP contribution is 2.37. The first-order valence-electron chi connectivity index (χ1n) is 12.5. The molecule has 1 fully saturated rings. The van der Waals surface area contributed by atoms with E-state index in [1.165, 1.54) is 41.6 Å². The molecule has 0 bridgehead atoms. The van der Waals surface area contributed by atoms with Crippen molar-refractivity contribution in [2.75, 3.05) is 13.6 Å². The molecule has 2 nitrogen and oxygen atoms in total. The monoisotopic (exact) mass is 429 g/mol. The second-order valence-corrected chi connectivity index (χ2v) is 10.7. The highest BCUT2D eigenvalue weighted by atomic mass is 16.3. The Labute approximate surface area is 194 Å². The zero-order valence-electron chi connectivity index (χ0n) is 21.9. The summed E-state index contributed by atoms with van der Waals surface area (Å²) < 4.78 is 0. The molecule has 0 spiro atoms. The fourth-order valence-electron chi connectivity index (χ4n) is 4.70. The molecule has 31 heavy (non-hydrogen) atoms. The van der Waals surface area contributed by atoms with Gasteiger partial charge in [0.1, 0.15) is 0 Å². The second kappa shape index (κ2) is 14.1. The van der Waals surface area contributed by atoms with Gasteiger partial charge in [0.2, 0.25) is 0 Å². The molecule has 1 N–H and O–H groups in total. The van der Waals surface area contributed by atoms with Crippen LogP contribution in [0.4, 0.5) is 0 Å². The van der Waals surface area contributed by atoms with Crippen LogP contribution in [0.3, 0.4) is 0 Å². The molecule has 178 valence electrons. The molecule has 2 heteroatoms. The molecule has 1 saturated heterocycles. The Morgan fingerprint density at radius 1 is 0.806 bits per heavy atom. The average Bonchev–Trinajstić information content (AvgIpc) is 2.68. The smallest absolute Gasteiger partial charge is 0.0618 e. The molecule has 0 aromatic carbocycles. The van der Waals surface area contributed by atoms with Crippen molar-refractivity contribution in [3.05, 3.63) is 46.6 Å². The quantitative estimate of drug-likeness (QED) is 0.251. The van der Waals surface area contributed by atoms with E-state index in [0.29, 0.717) is 6.04 Å². The van der Waals surface area contributed by atoms with Gasteiger partial charge in [-0.2, -0.15) is 0 Å². The third-order valence-electron chi connectivity index (χ3n) is 7.09. The summed E-state index contributed by atoms with van der Waals surface area (Å²) in [6, 6.07) is 0.459. The summed E-state index contributed by atoms with van der Waals surface area (Å²) in [6.07, 6.45) is 19.5. The van der Waals surface area contributed by atoms with Gasteiger partial charge in [0.15, 0.2) is 0 Å². The van der Waals surface area contributed by atoms with Gasteiger partial charge in [0.25, 0.3) is 0 Å². The molecular weight excluding hydrogens is 378 g/mol. The van der Waals surface area contributed by atoms with E-state index in [4.69, 9.17) is 0 Å². The van der Waals surface area contributed by atoms with Crippen LogP contribution in [0, 0.1) is 5.41 Å². The van der Waals surface area contributed by atoms with Crippen LogP contribution in [0.25, 0.3) is 0 Å². The number of nitrogens with zero attached hydrogens (tertiary/aromatic N) is 1. The Kier molecular flexibility index (Phi) is 12.7. The van der Waals surface area contributed by atoms with E-state index in [2.05, 4.69) is 84.7 Å². The van der Waals surface area contributed by atoms with Crippen molar-refractivity contribution < 1.29 is 5.11 Å². The van der Waals surface area contributed by atoms with E-state index >= 15 is 0 Å². The fraction of sp³-hybridized carbons (Fsp3) is 0.724. The predicted octanol–water partition coefficient (Wildman–Crippen LogP) is 8.00. The Morgan fingerprint density at radius 3 is 1.84 bits per heavy atom. The van der Waals surface area contributed by atoms with Gasteiger partial charge < -0.3 is 10.0 Å². The highest BCUT2D eigenvalue weighted by Gasteiger charge is 2.41. The first-order chi connectivity index (χ1) is 14.5. The Hall–Kier alpha value is -1.12. The highest BCUT2D eigenvalue weighted by molar-refractivity contribution is 5.07. The van der Waals surface area contributed by atoms with Crippen LogP contribution >= 0.6 is 0 Å². The SMILES string of the molecule is CC(C)=CCC/C(C)=C/CC/C(C)=C/CC/C=C(\C)CC[C@@H]1N(C)CC[C@H](O)C1(C)C. The molecular formula is C29H51NO. The molecule has 1 heterocycles. The zero-order chi connectivity index (χ0) is 23.4. The second-order valence-electron chi connectivity index (χ2n) is 10.7. The molecule has 2 atom stereocenters. The van der Waals surface area contributed by atoms with Gasteiger partial charge in [-0.1, -0.05) is 60.4 Å². The van der Waals surface area contributed by atoms with Gasteiger partial charge in [-0.25, -0.2) is 0 Å². The average molecular weight is 430 g/mol. The first-order valence-corrected chi connectivity index (χ1v) is 12.5. The third kappa shape index (κ3) is 10.8. The van der Waals surface area contributed by atoms with Crippen molar-refractivity contribution in [2.24, 2.45) is 5.41 Å². The number of likely N-dealkylation sites (tertiary alicyclic amines) is 1. The molecule has 0 aliphatic carbocycles. The minimum Gasteiger partial charge on any atom is -0.392 e. The van der Waals surface area contributed by atoms with E-state index in [0.717, 1.165) is 45.1 Å². The van der Waals surface area contributed by atoms with Crippen molar-refractivity contribution in [3.63, 3.8) is 0 Å². The molecule has 0 unspecified atom stereocenters. The van der Waals surface area contributed by atoms with Gasteiger partial charge in [-0.15, -0.1) is 0 Å². The van der Waals surface area contributed by atoms with Gasteiger partial charge >= 0.3 is 0 Å². The summed E-state index contributed by atoms with van der Waals surface area (Å²) in [7, 11) is 2.21. The molecule has 0 saturated carbocycles. The van der Waals surface area contributed by atoms with Gasteiger partial charge in [-0.3, -0.25) is 0 Å². The van der Waals surface area contributed by atoms with Gasteiger partial charge in [-0.05, 0) is 99.5 Å². The molecule has 0 aromatic rings. The lowest BCUT2D eigenvalue weighted by Crippen LogP contribution is -2.54. The minimum atomic E-state index is -0.179. The number of unbranched alkanes of at least 4 members (excludes halogenated alkanes) is 1. The summed E-state index contributed by atoms with van der Waals surface area (Å²) in [5, 5.41) is 10.4. The van der Waals surface area contributed by atoms with Crippen molar-refractivity contribution in [1.29, 1.82) is 0 Å². The number of aliphatic hydroxyl groups is 1. The van der Waals surface area contributed by atoms with Crippen LogP contribution in [0.2, 0.25) is 0 Å². The van der Waals surface area contributed by atoms with Crippen molar-refractivity contribution in [1.82, 2.24) is 4.90 Å². The summed E-state index contributed by atoms with van der Waals surface area (Å²) in [5.74, 6) is 0. The lowest BCUT2D eigenvalue weighted by atomic mass is 9.72. The molecule has 0 aromatic heterocycles. The number of rotatable bonds is 12. The number of allylic oxidation sites excluding steroid dienone is 8. The summed E-state index contributed by atoms with van der Waals surface area (Å²) in [4.78, 5) is 2.45. The minimum absolute atomic E-state index is 0.0222. The zero-order valence-corrected chi connectivity index (χ0v) is 21.9. The molecule has 0 radical (unpaired) electrons. The van der Waals surface area contributed by atoms with Crippen LogP contribution in [-0.4, -0.2) is 35.7 Å². The summed E-state index contributed by atoms with van der Waals surface area (Å²) in [5.41, 5.74) is 5.91. The van der Waals surface area contributed by atoms with E-state index in [1.54, 1.807) is 0 Å². The molecule has 1 aliphatic rings. The molecule has 1 aliphatic heterocycles. The van der Waals surface area contributed by atoms with E-state index in [-0.39, 0.29) is 11.5 Å². The van der Waals surface area contributed by atoms with Crippen LogP contribution in [0.15, 0.2) is 46.6 Å². The maximum atomic E-state index is 10.4. The summed E-state index contributed by atoms with van der Waals surface area (Å²) in [6.45, 7) is 16.6. The fourth-order valence-corrected chi connectivity index (χ4v) is 4.70. The topological polar surface area (TPSA) is 23.5 Å². The van der Waals surface area contributed by atoms with Crippen molar-refractivity contribution in [3.8, 4) is 0 Å². The Morgan fingerprint density at radius 2 is 1.29 bits per heavy atom. The largest absolute Gasteiger partial charge is 0.392 e. The normalized spacial score (nSPS) is 23.2. The van der Waals surface area contributed by atoms with Crippen LogP contribution in [-0.2, 0) is 0 Å². The number of hydrogen-bond acceptors (Lipinski definition) is 2. The van der Waals surface area contributed by atoms with Crippen LogP contribution in [0.1, 0.15) is 106 Å². The number of aliphatic hydroxyl groups excluding tert-OH is 1. The number of hydrogen-bond donors (Lipinski definition) is 1. The van der Waals surface area contributed by atoms with Crippen LogP contribution in [0.5, 0.6) is 0 Å². The third-order valence-corrected chi connectivity index (χ3v) is 7.09. The van der Waals surface area contributed by atoms with Gasteiger partial charge in [0.05, 0.1) is 6.10 Å². The lowest BCUT2D eigenvalue weighted by Gasteiger charge is -2.48. The first kappa shape index (κ1) is 27.9. The van der Waals surface area contributed by atoms with Crippen molar-refractivity contribution >= 4 is 0 Å². The lowest BCUT2D eigenvalue weighted by molar-refractivity contribution is -0.0621.